The molecular formula is C20H15NO4S. The minimum atomic E-state index is -3.70. The number of hydrogen-bond acceptors (Lipinski definition) is 4. The van der Waals surface area contributed by atoms with Crippen LogP contribution in [0.25, 0.3) is 11.1 Å². The Kier molecular flexibility index (Phi) is 3.86. The molecule has 26 heavy (non-hydrogen) atoms. The molecule has 0 bridgehead atoms. The number of carbonyl (C=O) groups is 1. The first-order valence-corrected chi connectivity index (χ1v) is 9.51. The van der Waals surface area contributed by atoms with Crippen LogP contribution < -0.4 is 5.14 Å². The van der Waals surface area contributed by atoms with E-state index in [1.807, 2.05) is 42.5 Å². The summed E-state index contributed by atoms with van der Waals surface area (Å²) in [5.74, 6) is -0.312. The predicted octanol–water partition coefficient (Wildman–Crippen LogP) is 3.26. The smallest absolute Gasteiger partial charge is 0.339 e. The maximum atomic E-state index is 12.0. The highest BCUT2D eigenvalue weighted by atomic mass is 32.2. The third-order valence-corrected chi connectivity index (χ3v) is 5.35. The summed E-state index contributed by atoms with van der Waals surface area (Å²) in [6.45, 7) is 0. The minimum absolute atomic E-state index is 0.0762. The number of cyclic esters (lactones) is 1. The molecule has 0 aromatic heterocycles. The Morgan fingerprint density at radius 1 is 0.808 bits per heavy atom. The highest BCUT2D eigenvalue weighted by Crippen LogP contribution is 2.36. The zero-order valence-corrected chi connectivity index (χ0v) is 14.4. The molecule has 3 aromatic rings. The second-order valence-electron chi connectivity index (χ2n) is 6.06. The average molecular weight is 365 g/mol. The zero-order valence-electron chi connectivity index (χ0n) is 13.6. The minimum Gasteiger partial charge on any atom is -0.449 e. The van der Waals surface area contributed by atoms with Crippen LogP contribution in [-0.2, 0) is 14.8 Å². The quantitative estimate of drug-likeness (QED) is 0.722. The molecule has 0 spiro atoms. The van der Waals surface area contributed by atoms with E-state index in [1.165, 1.54) is 12.1 Å². The van der Waals surface area contributed by atoms with Crippen LogP contribution in [0.4, 0.5) is 0 Å². The summed E-state index contributed by atoms with van der Waals surface area (Å²) in [5, 5.41) is 5.12. The van der Waals surface area contributed by atoms with Gasteiger partial charge < -0.3 is 4.74 Å². The number of fused-ring (bicyclic) bond motifs is 1. The van der Waals surface area contributed by atoms with Gasteiger partial charge in [0.1, 0.15) is 0 Å². The Morgan fingerprint density at radius 3 is 2.00 bits per heavy atom. The van der Waals surface area contributed by atoms with E-state index in [2.05, 4.69) is 0 Å². The summed E-state index contributed by atoms with van der Waals surface area (Å²) in [7, 11) is -3.70. The molecule has 0 radical (unpaired) electrons. The zero-order chi connectivity index (χ0) is 18.3. The predicted molar refractivity (Wildman–Crippen MR) is 97.0 cm³/mol. The van der Waals surface area contributed by atoms with Gasteiger partial charge in [-0.2, -0.15) is 0 Å². The lowest BCUT2D eigenvalue weighted by atomic mass is 9.97. The van der Waals surface area contributed by atoms with Gasteiger partial charge in [0.15, 0.2) is 6.10 Å². The number of carbonyl (C=O) groups excluding carboxylic acids is 1. The number of rotatable bonds is 3. The molecule has 0 saturated heterocycles. The average Bonchev–Trinajstić information content (AvgIpc) is 2.99. The summed E-state index contributed by atoms with van der Waals surface area (Å²) in [5.41, 5.74) is 4.14. The van der Waals surface area contributed by atoms with Gasteiger partial charge in [0.2, 0.25) is 10.0 Å². The van der Waals surface area contributed by atoms with Crippen molar-refractivity contribution in [2.24, 2.45) is 5.14 Å². The second kappa shape index (κ2) is 6.09. The fourth-order valence-corrected chi connectivity index (χ4v) is 3.60. The highest BCUT2D eigenvalue weighted by molar-refractivity contribution is 7.89. The molecule has 1 heterocycles. The van der Waals surface area contributed by atoms with Crippen LogP contribution in [-0.4, -0.2) is 14.4 Å². The number of hydrogen-bond donors (Lipinski definition) is 1. The fourth-order valence-electron chi connectivity index (χ4n) is 3.08. The van der Waals surface area contributed by atoms with Gasteiger partial charge in [-0.05, 0) is 34.9 Å². The first-order valence-electron chi connectivity index (χ1n) is 7.96. The molecule has 2 N–H and O–H groups in total. The first kappa shape index (κ1) is 16.5. The number of sulfonamides is 1. The largest absolute Gasteiger partial charge is 0.449 e. The van der Waals surface area contributed by atoms with Crippen molar-refractivity contribution >= 4 is 16.0 Å². The van der Waals surface area contributed by atoms with E-state index < -0.39 is 16.1 Å². The molecular weight excluding hydrogens is 350 g/mol. The lowest BCUT2D eigenvalue weighted by Gasteiger charge is -2.12. The van der Waals surface area contributed by atoms with Crippen molar-refractivity contribution in [3.63, 3.8) is 0 Å². The third kappa shape index (κ3) is 2.89. The Labute approximate surface area is 151 Å². The van der Waals surface area contributed by atoms with Crippen LogP contribution in [0.3, 0.4) is 0 Å². The van der Waals surface area contributed by atoms with Crippen LogP contribution >= 0.6 is 0 Å². The van der Waals surface area contributed by atoms with Gasteiger partial charge in [0, 0.05) is 5.56 Å². The molecule has 3 aromatic carbocycles. The van der Waals surface area contributed by atoms with Crippen molar-refractivity contribution in [3.05, 3.63) is 89.5 Å². The Hall–Kier alpha value is -2.96. The van der Waals surface area contributed by atoms with E-state index in [0.29, 0.717) is 5.56 Å². The normalized spacial score (nSPS) is 16.2. The molecule has 6 heteroatoms. The molecule has 130 valence electrons. The molecule has 0 amide bonds. The summed E-state index contributed by atoms with van der Waals surface area (Å²) in [6.07, 6.45) is -0.405. The number of ether oxygens (including phenoxy) is 1. The van der Waals surface area contributed by atoms with Crippen LogP contribution in [0.1, 0.15) is 27.6 Å². The van der Waals surface area contributed by atoms with Gasteiger partial charge in [0.25, 0.3) is 0 Å². The van der Waals surface area contributed by atoms with E-state index in [1.54, 1.807) is 18.2 Å². The van der Waals surface area contributed by atoms with Crippen LogP contribution in [0.15, 0.2) is 77.7 Å². The molecule has 0 aliphatic carbocycles. The maximum absolute atomic E-state index is 12.0. The van der Waals surface area contributed by atoms with Gasteiger partial charge >= 0.3 is 5.97 Å². The van der Waals surface area contributed by atoms with Gasteiger partial charge in [-0.3, -0.25) is 0 Å². The molecule has 1 aliphatic rings. The van der Waals surface area contributed by atoms with Crippen molar-refractivity contribution in [3.8, 4) is 11.1 Å². The molecule has 1 unspecified atom stereocenters. The molecule has 1 aliphatic heterocycles. The van der Waals surface area contributed by atoms with Crippen molar-refractivity contribution in [1.29, 1.82) is 0 Å². The standard InChI is InChI=1S/C20H15NO4S/c21-26(23,24)16-11-9-14(10-12-16)13-5-7-15(8-6-13)19-17-3-1-2-4-18(17)20(22)25-19/h1-12,19H,(H2,21,23,24). The number of esters is 1. The third-order valence-electron chi connectivity index (χ3n) is 4.42. The van der Waals surface area contributed by atoms with Crippen molar-refractivity contribution in [1.82, 2.24) is 0 Å². The lowest BCUT2D eigenvalue weighted by Crippen LogP contribution is -2.11. The molecule has 1 atom stereocenters. The first-order chi connectivity index (χ1) is 12.4. The van der Waals surface area contributed by atoms with E-state index in [4.69, 9.17) is 9.88 Å². The molecule has 0 saturated carbocycles. The molecule has 4 rings (SSSR count). The Bertz CT molecular complexity index is 1090. The topological polar surface area (TPSA) is 86.5 Å². The number of primary sulfonamides is 1. The van der Waals surface area contributed by atoms with Crippen molar-refractivity contribution in [2.45, 2.75) is 11.0 Å². The Morgan fingerprint density at radius 2 is 1.38 bits per heavy atom. The lowest BCUT2D eigenvalue weighted by molar-refractivity contribution is 0.0456. The number of nitrogens with two attached hydrogens (primary N) is 1. The summed E-state index contributed by atoms with van der Waals surface area (Å²) in [4.78, 5) is 12.0. The van der Waals surface area contributed by atoms with Gasteiger partial charge in [-0.1, -0.05) is 54.6 Å². The summed E-state index contributed by atoms with van der Waals surface area (Å²) in [6, 6.07) is 21.4. The van der Waals surface area contributed by atoms with Crippen LogP contribution in [0, 0.1) is 0 Å². The summed E-state index contributed by atoms with van der Waals surface area (Å²) >= 11 is 0. The van der Waals surface area contributed by atoms with Crippen LogP contribution in [0.2, 0.25) is 0 Å². The highest BCUT2D eigenvalue weighted by Gasteiger charge is 2.31. The SMILES string of the molecule is NS(=O)(=O)c1ccc(-c2ccc(C3OC(=O)c4ccccc43)cc2)cc1. The Balaban J connectivity index is 1.63. The van der Waals surface area contributed by atoms with E-state index in [-0.39, 0.29) is 10.9 Å². The monoisotopic (exact) mass is 365 g/mol. The van der Waals surface area contributed by atoms with Crippen LogP contribution in [0.5, 0.6) is 0 Å². The number of benzene rings is 3. The second-order valence-corrected chi connectivity index (χ2v) is 7.63. The molecule has 5 nitrogen and oxygen atoms in total. The van der Waals surface area contributed by atoms with Gasteiger partial charge in [-0.15, -0.1) is 0 Å². The van der Waals surface area contributed by atoms with Gasteiger partial charge in [-0.25, -0.2) is 18.4 Å². The van der Waals surface area contributed by atoms with E-state index in [9.17, 15) is 13.2 Å². The van der Waals surface area contributed by atoms with Crippen molar-refractivity contribution in [2.75, 3.05) is 0 Å². The maximum Gasteiger partial charge on any atom is 0.339 e. The van der Waals surface area contributed by atoms with Gasteiger partial charge in [0.05, 0.1) is 10.5 Å². The fraction of sp³-hybridized carbons (Fsp3) is 0.0500. The van der Waals surface area contributed by atoms with E-state index in [0.717, 1.165) is 22.3 Å². The molecule has 0 fully saturated rings. The summed E-state index contributed by atoms with van der Waals surface area (Å²) < 4.78 is 28.2. The van der Waals surface area contributed by atoms with Crippen molar-refractivity contribution < 1.29 is 17.9 Å². The van der Waals surface area contributed by atoms with E-state index >= 15 is 0 Å².